The predicted molar refractivity (Wildman–Crippen MR) is 78.1 cm³/mol. The fraction of sp³-hybridized carbons (Fsp3) is 0.200. The summed E-state index contributed by atoms with van der Waals surface area (Å²) in [5.41, 5.74) is 0. The summed E-state index contributed by atoms with van der Waals surface area (Å²) in [4.78, 5) is 0. The van der Waals surface area contributed by atoms with Crippen LogP contribution < -0.4 is 14.2 Å². The molecule has 0 spiro atoms. The van der Waals surface area contributed by atoms with Gasteiger partial charge in [-0.25, -0.2) is 4.39 Å². The van der Waals surface area contributed by atoms with Crippen LogP contribution in [-0.4, -0.2) is 20.3 Å². The first-order valence-electron chi connectivity index (χ1n) is 6.04. The molecule has 0 aliphatic heterocycles. The van der Waals surface area contributed by atoms with Crippen LogP contribution in [-0.2, 0) is 0 Å². The van der Waals surface area contributed by atoms with E-state index in [4.69, 9.17) is 14.2 Å². The van der Waals surface area contributed by atoms with Crippen LogP contribution in [0.1, 0.15) is 0 Å². The molecule has 2 rings (SSSR count). The molecule has 0 saturated heterocycles. The molecule has 0 unspecified atom stereocenters. The second-order valence-corrected chi connectivity index (χ2v) is 4.80. The van der Waals surface area contributed by atoms with E-state index in [1.165, 1.54) is 12.1 Å². The lowest BCUT2D eigenvalue weighted by molar-refractivity contribution is 0.216. The van der Waals surface area contributed by atoms with Gasteiger partial charge in [0, 0.05) is 0 Å². The van der Waals surface area contributed by atoms with Gasteiger partial charge < -0.3 is 14.2 Å². The largest absolute Gasteiger partial charge is 0.497 e. The molecule has 2 aromatic carbocycles. The van der Waals surface area contributed by atoms with Crippen molar-refractivity contribution in [1.29, 1.82) is 0 Å². The van der Waals surface area contributed by atoms with Crippen LogP contribution in [0.15, 0.2) is 46.9 Å². The number of rotatable bonds is 6. The van der Waals surface area contributed by atoms with Crippen molar-refractivity contribution >= 4 is 15.9 Å². The summed E-state index contributed by atoms with van der Waals surface area (Å²) in [5, 5.41) is 0. The molecule has 0 aromatic heterocycles. The van der Waals surface area contributed by atoms with Gasteiger partial charge in [-0.3, -0.25) is 0 Å². The molecule has 0 amide bonds. The zero-order valence-corrected chi connectivity index (χ0v) is 12.5. The molecule has 2 aromatic rings. The highest BCUT2D eigenvalue weighted by molar-refractivity contribution is 9.10. The van der Waals surface area contributed by atoms with Crippen molar-refractivity contribution in [3.05, 3.63) is 52.8 Å². The lowest BCUT2D eigenvalue weighted by Crippen LogP contribution is -2.09. The Morgan fingerprint density at radius 1 is 0.950 bits per heavy atom. The van der Waals surface area contributed by atoms with Crippen LogP contribution in [0.2, 0.25) is 0 Å². The number of methoxy groups -OCH3 is 1. The zero-order valence-electron chi connectivity index (χ0n) is 10.9. The summed E-state index contributed by atoms with van der Waals surface area (Å²) in [6.45, 7) is 0.770. The second kappa shape index (κ2) is 7.14. The highest BCUT2D eigenvalue weighted by Gasteiger charge is 2.02. The number of benzene rings is 2. The van der Waals surface area contributed by atoms with Crippen LogP contribution in [0.4, 0.5) is 4.39 Å². The quantitative estimate of drug-likeness (QED) is 0.742. The summed E-state index contributed by atoms with van der Waals surface area (Å²) < 4.78 is 29.6. The molecule has 0 radical (unpaired) electrons. The first-order valence-corrected chi connectivity index (χ1v) is 6.83. The van der Waals surface area contributed by atoms with Gasteiger partial charge in [0.15, 0.2) is 0 Å². The van der Waals surface area contributed by atoms with E-state index in [0.29, 0.717) is 23.4 Å². The summed E-state index contributed by atoms with van der Waals surface area (Å²) in [5.74, 6) is 1.81. The standard InChI is InChI=1S/C15H14BrFO3/c1-18-12-3-5-13(6-4-12)19-8-9-20-15-7-2-11(17)10-14(15)16/h2-7,10H,8-9H2,1H3. The second-order valence-electron chi connectivity index (χ2n) is 3.95. The van der Waals surface area contributed by atoms with Crippen LogP contribution >= 0.6 is 15.9 Å². The molecule has 0 heterocycles. The van der Waals surface area contributed by atoms with E-state index in [1.54, 1.807) is 13.2 Å². The molecular formula is C15H14BrFO3. The van der Waals surface area contributed by atoms with Gasteiger partial charge in [0.1, 0.15) is 36.3 Å². The van der Waals surface area contributed by atoms with Gasteiger partial charge in [-0.05, 0) is 58.4 Å². The third kappa shape index (κ3) is 4.13. The highest BCUT2D eigenvalue weighted by Crippen LogP contribution is 2.25. The van der Waals surface area contributed by atoms with Crippen molar-refractivity contribution in [2.45, 2.75) is 0 Å². The minimum Gasteiger partial charge on any atom is -0.497 e. The lowest BCUT2D eigenvalue weighted by Gasteiger charge is -2.10. The Morgan fingerprint density at radius 2 is 1.60 bits per heavy atom. The third-order valence-corrected chi connectivity index (χ3v) is 3.18. The molecule has 0 N–H and O–H groups in total. The molecule has 0 fully saturated rings. The van der Waals surface area contributed by atoms with E-state index >= 15 is 0 Å². The Kier molecular flexibility index (Phi) is 5.24. The van der Waals surface area contributed by atoms with Crippen molar-refractivity contribution in [3.63, 3.8) is 0 Å². The van der Waals surface area contributed by atoms with Gasteiger partial charge in [0.2, 0.25) is 0 Å². The van der Waals surface area contributed by atoms with Crippen molar-refractivity contribution in [1.82, 2.24) is 0 Å². The summed E-state index contributed by atoms with van der Waals surface area (Å²) in [6, 6.07) is 11.6. The van der Waals surface area contributed by atoms with Crippen LogP contribution in [0.3, 0.4) is 0 Å². The van der Waals surface area contributed by atoms with Crippen molar-refractivity contribution < 1.29 is 18.6 Å². The van der Waals surface area contributed by atoms with Gasteiger partial charge >= 0.3 is 0 Å². The first-order chi connectivity index (χ1) is 9.69. The Morgan fingerprint density at radius 3 is 2.25 bits per heavy atom. The maximum absolute atomic E-state index is 12.9. The van der Waals surface area contributed by atoms with Crippen molar-refractivity contribution in [2.75, 3.05) is 20.3 Å². The molecule has 106 valence electrons. The van der Waals surface area contributed by atoms with Crippen LogP contribution in [0, 0.1) is 5.82 Å². The fourth-order valence-corrected chi connectivity index (χ4v) is 2.04. The van der Waals surface area contributed by atoms with E-state index < -0.39 is 0 Å². The normalized spacial score (nSPS) is 10.2. The van der Waals surface area contributed by atoms with Crippen molar-refractivity contribution in [2.24, 2.45) is 0 Å². The third-order valence-electron chi connectivity index (χ3n) is 2.56. The highest BCUT2D eigenvalue weighted by atomic mass is 79.9. The van der Waals surface area contributed by atoms with Crippen LogP contribution in [0.5, 0.6) is 17.2 Å². The molecule has 5 heteroatoms. The van der Waals surface area contributed by atoms with Gasteiger partial charge in [0.05, 0.1) is 11.6 Å². The Hall–Kier alpha value is -1.75. The molecule has 0 atom stereocenters. The average molecular weight is 341 g/mol. The Labute approximate surface area is 125 Å². The Bertz CT molecular complexity index is 558. The number of hydrogen-bond acceptors (Lipinski definition) is 3. The van der Waals surface area contributed by atoms with E-state index in [0.717, 1.165) is 11.5 Å². The summed E-state index contributed by atoms with van der Waals surface area (Å²) in [6.07, 6.45) is 0. The molecule has 20 heavy (non-hydrogen) atoms. The molecule has 3 nitrogen and oxygen atoms in total. The zero-order chi connectivity index (χ0) is 14.4. The number of hydrogen-bond donors (Lipinski definition) is 0. The maximum Gasteiger partial charge on any atom is 0.133 e. The molecule has 0 bridgehead atoms. The minimum atomic E-state index is -0.307. The molecule has 0 saturated carbocycles. The molecular weight excluding hydrogens is 327 g/mol. The van der Waals surface area contributed by atoms with Crippen molar-refractivity contribution in [3.8, 4) is 17.2 Å². The fourth-order valence-electron chi connectivity index (χ4n) is 1.58. The predicted octanol–water partition coefficient (Wildman–Crippen LogP) is 4.05. The van der Waals surface area contributed by atoms with E-state index in [-0.39, 0.29) is 5.82 Å². The Balaban J connectivity index is 1.78. The van der Waals surface area contributed by atoms with Gasteiger partial charge in [-0.1, -0.05) is 0 Å². The smallest absolute Gasteiger partial charge is 0.133 e. The molecule has 0 aliphatic carbocycles. The average Bonchev–Trinajstić information content (AvgIpc) is 2.46. The van der Waals surface area contributed by atoms with E-state index in [1.807, 2.05) is 24.3 Å². The maximum atomic E-state index is 12.9. The first kappa shape index (κ1) is 14.7. The van der Waals surface area contributed by atoms with Gasteiger partial charge in [-0.15, -0.1) is 0 Å². The topological polar surface area (TPSA) is 27.7 Å². The number of halogens is 2. The number of ether oxygens (including phenoxy) is 3. The monoisotopic (exact) mass is 340 g/mol. The summed E-state index contributed by atoms with van der Waals surface area (Å²) in [7, 11) is 1.62. The minimum absolute atomic E-state index is 0.307. The van der Waals surface area contributed by atoms with Gasteiger partial charge in [0.25, 0.3) is 0 Å². The van der Waals surface area contributed by atoms with Gasteiger partial charge in [-0.2, -0.15) is 0 Å². The van der Waals surface area contributed by atoms with E-state index in [9.17, 15) is 4.39 Å². The molecule has 0 aliphatic rings. The summed E-state index contributed by atoms with van der Waals surface area (Å²) >= 11 is 3.24. The SMILES string of the molecule is COc1ccc(OCCOc2ccc(F)cc2Br)cc1. The van der Waals surface area contributed by atoms with Crippen LogP contribution in [0.25, 0.3) is 0 Å². The lowest BCUT2D eigenvalue weighted by atomic mass is 10.3. The van der Waals surface area contributed by atoms with E-state index in [2.05, 4.69) is 15.9 Å².